The number of carbonyl (C=O) groups is 1. The van der Waals surface area contributed by atoms with Gasteiger partial charge in [-0.15, -0.1) is 6.42 Å². The van der Waals surface area contributed by atoms with Crippen LogP contribution in [-0.4, -0.2) is 12.5 Å². The number of benzene rings is 2. The van der Waals surface area contributed by atoms with Gasteiger partial charge >= 0.3 is 6.61 Å². The highest BCUT2D eigenvalue weighted by atomic mass is 19.3. The van der Waals surface area contributed by atoms with Gasteiger partial charge in [-0.25, -0.2) is 0 Å². The predicted octanol–water partition coefficient (Wildman–Crippen LogP) is 3.52. The molecule has 2 aromatic rings. The van der Waals surface area contributed by atoms with Crippen molar-refractivity contribution in [3.63, 3.8) is 0 Å². The van der Waals surface area contributed by atoms with E-state index in [0.717, 1.165) is 0 Å². The van der Waals surface area contributed by atoms with E-state index in [1.807, 2.05) is 0 Å². The molecule has 0 aliphatic carbocycles. The number of nitrogens with one attached hydrogen (secondary N) is 1. The number of ether oxygens (including phenoxy) is 1. The summed E-state index contributed by atoms with van der Waals surface area (Å²) in [6.45, 7) is -2.89. The molecule has 5 heteroatoms. The van der Waals surface area contributed by atoms with Gasteiger partial charge in [0.05, 0.1) is 0 Å². The third-order valence-corrected chi connectivity index (χ3v) is 2.63. The van der Waals surface area contributed by atoms with Crippen LogP contribution in [0.25, 0.3) is 0 Å². The summed E-state index contributed by atoms with van der Waals surface area (Å²) in [7, 11) is 0. The van der Waals surface area contributed by atoms with E-state index in [9.17, 15) is 13.6 Å². The molecule has 0 fully saturated rings. The molecular formula is C16H11F2NO2. The molecule has 106 valence electrons. The molecule has 0 heterocycles. The van der Waals surface area contributed by atoms with E-state index in [4.69, 9.17) is 6.42 Å². The molecule has 0 radical (unpaired) electrons. The lowest BCUT2D eigenvalue weighted by Crippen LogP contribution is -2.12. The van der Waals surface area contributed by atoms with Crippen molar-refractivity contribution in [1.29, 1.82) is 0 Å². The topological polar surface area (TPSA) is 38.3 Å². The van der Waals surface area contributed by atoms with Crippen molar-refractivity contribution in [3.8, 4) is 18.1 Å². The molecule has 2 aromatic carbocycles. The SMILES string of the molecule is C#Cc1cccc(NC(=O)c2ccc(OC(F)F)cc2)c1. The zero-order valence-corrected chi connectivity index (χ0v) is 10.8. The zero-order chi connectivity index (χ0) is 15.2. The van der Waals surface area contributed by atoms with Crippen molar-refractivity contribution in [3.05, 3.63) is 59.7 Å². The average molecular weight is 287 g/mol. The average Bonchev–Trinajstić information content (AvgIpc) is 2.47. The molecule has 0 bridgehead atoms. The number of alkyl halides is 2. The fraction of sp³-hybridized carbons (Fsp3) is 0.0625. The molecule has 21 heavy (non-hydrogen) atoms. The summed E-state index contributed by atoms with van der Waals surface area (Å²) in [5, 5.41) is 2.67. The van der Waals surface area contributed by atoms with Crippen molar-refractivity contribution in [2.75, 3.05) is 5.32 Å². The zero-order valence-electron chi connectivity index (χ0n) is 10.8. The summed E-state index contributed by atoms with van der Waals surface area (Å²) in [6, 6.07) is 12.2. The molecule has 1 N–H and O–H groups in total. The maximum Gasteiger partial charge on any atom is 0.387 e. The molecule has 3 nitrogen and oxygen atoms in total. The van der Waals surface area contributed by atoms with Crippen molar-refractivity contribution < 1.29 is 18.3 Å². The van der Waals surface area contributed by atoms with Crippen LogP contribution in [0.3, 0.4) is 0 Å². The van der Waals surface area contributed by atoms with Gasteiger partial charge in [0.15, 0.2) is 0 Å². The van der Waals surface area contributed by atoms with Gasteiger partial charge in [0.2, 0.25) is 0 Å². The minimum Gasteiger partial charge on any atom is -0.435 e. The van der Waals surface area contributed by atoms with Crippen LogP contribution >= 0.6 is 0 Å². The third kappa shape index (κ3) is 4.05. The van der Waals surface area contributed by atoms with Crippen LogP contribution in [0.4, 0.5) is 14.5 Å². The second-order valence-electron chi connectivity index (χ2n) is 4.08. The van der Waals surface area contributed by atoms with Crippen molar-refractivity contribution in [1.82, 2.24) is 0 Å². The number of anilines is 1. The molecule has 0 aliphatic heterocycles. The summed E-state index contributed by atoms with van der Waals surface area (Å²) in [6.07, 6.45) is 5.28. The monoisotopic (exact) mass is 287 g/mol. The van der Waals surface area contributed by atoms with Crippen molar-refractivity contribution in [2.45, 2.75) is 6.61 Å². The maximum atomic E-state index is 12.0. The van der Waals surface area contributed by atoms with Gasteiger partial charge in [-0.05, 0) is 42.5 Å². The second kappa shape index (κ2) is 6.53. The largest absolute Gasteiger partial charge is 0.435 e. The lowest BCUT2D eigenvalue weighted by molar-refractivity contribution is -0.0498. The Morgan fingerprint density at radius 1 is 1.19 bits per heavy atom. The summed E-state index contributed by atoms with van der Waals surface area (Å²) in [4.78, 5) is 12.0. The smallest absolute Gasteiger partial charge is 0.387 e. The highest BCUT2D eigenvalue weighted by Gasteiger charge is 2.08. The van der Waals surface area contributed by atoms with Crippen LogP contribution in [0.1, 0.15) is 15.9 Å². The Bertz CT molecular complexity index is 675. The molecule has 0 aliphatic rings. The highest BCUT2D eigenvalue weighted by Crippen LogP contribution is 2.16. The number of rotatable bonds is 4. The minimum absolute atomic E-state index is 0.00382. The summed E-state index contributed by atoms with van der Waals surface area (Å²) in [5.74, 6) is 2.10. The number of halogens is 2. The Kier molecular flexibility index (Phi) is 4.52. The van der Waals surface area contributed by atoms with Crippen LogP contribution in [0.15, 0.2) is 48.5 Å². The normalized spacial score (nSPS) is 10.0. The summed E-state index contributed by atoms with van der Waals surface area (Å²) >= 11 is 0. The Labute approximate surface area is 120 Å². The lowest BCUT2D eigenvalue weighted by atomic mass is 10.1. The number of hydrogen-bond acceptors (Lipinski definition) is 2. The first-order valence-corrected chi connectivity index (χ1v) is 6.01. The van der Waals surface area contributed by atoms with Crippen LogP contribution in [0.2, 0.25) is 0 Å². The molecular weight excluding hydrogens is 276 g/mol. The van der Waals surface area contributed by atoms with Gasteiger partial charge in [-0.2, -0.15) is 8.78 Å². The second-order valence-corrected chi connectivity index (χ2v) is 4.08. The fourth-order valence-corrected chi connectivity index (χ4v) is 1.68. The summed E-state index contributed by atoms with van der Waals surface area (Å²) < 4.78 is 28.3. The van der Waals surface area contributed by atoms with Gasteiger partial charge in [0, 0.05) is 16.8 Å². The van der Waals surface area contributed by atoms with Crippen molar-refractivity contribution >= 4 is 11.6 Å². The number of hydrogen-bond donors (Lipinski definition) is 1. The van der Waals surface area contributed by atoms with Crippen LogP contribution in [0, 0.1) is 12.3 Å². The van der Waals surface area contributed by atoms with Gasteiger partial charge in [0.1, 0.15) is 5.75 Å². The van der Waals surface area contributed by atoms with Gasteiger partial charge in [-0.1, -0.05) is 12.0 Å². The molecule has 0 spiro atoms. The van der Waals surface area contributed by atoms with E-state index >= 15 is 0 Å². The predicted molar refractivity (Wildman–Crippen MR) is 75.4 cm³/mol. The lowest BCUT2D eigenvalue weighted by Gasteiger charge is -2.07. The Balaban J connectivity index is 2.08. The fourth-order valence-electron chi connectivity index (χ4n) is 1.68. The minimum atomic E-state index is -2.89. The van der Waals surface area contributed by atoms with Crippen LogP contribution in [-0.2, 0) is 0 Å². The molecule has 1 amide bonds. The third-order valence-electron chi connectivity index (χ3n) is 2.63. The number of carbonyl (C=O) groups excluding carboxylic acids is 1. The van der Waals surface area contributed by atoms with Crippen LogP contribution < -0.4 is 10.1 Å². The van der Waals surface area contributed by atoms with E-state index in [1.54, 1.807) is 24.3 Å². The van der Waals surface area contributed by atoms with Crippen LogP contribution in [0.5, 0.6) is 5.75 Å². The highest BCUT2D eigenvalue weighted by molar-refractivity contribution is 6.04. The van der Waals surface area contributed by atoms with Gasteiger partial charge < -0.3 is 10.1 Å². The first-order chi connectivity index (χ1) is 10.1. The Hall–Kier alpha value is -2.87. The van der Waals surface area contributed by atoms with E-state index in [1.165, 1.54) is 24.3 Å². The van der Waals surface area contributed by atoms with E-state index in [-0.39, 0.29) is 11.7 Å². The quantitative estimate of drug-likeness (QED) is 0.874. The van der Waals surface area contributed by atoms with Gasteiger partial charge in [0.25, 0.3) is 5.91 Å². The molecule has 0 saturated heterocycles. The van der Waals surface area contributed by atoms with Gasteiger partial charge in [-0.3, -0.25) is 4.79 Å². The number of terminal acetylenes is 1. The maximum absolute atomic E-state index is 12.0. The van der Waals surface area contributed by atoms with E-state index in [0.29, 0.717) is 16.8 Å². The Morgan fingerprint density at radius 2 is 1.90 bits per heavy atom. The molecule has 0 unspecified atom stereocenters. The van der Waals surface area contributed by atoms with Crippen molar-refractivity contribution in [2.24, 2.45) is 0 Å². The molecule has 0 aromatic heterocycles. The number of amides is 1. The summed E-state index contributed by atoms with van der Waals surface area (Å²) in [5.41, 5.74) is 1.53. The first-order valence-electron chi connectivity index (χ1n) is 6.01. The van der Waals surface area contributed by atoms with E-state index < -0.39 is 6.61 Å². The standard InChI is InChI=1S/C16H11F2NO2/c1-2-11-4-3-5-13(10-11)19-15(20)12-6-8-14(9-7-12)21-16(17)18/h1,3-10,16H,(H,19,20). The molecule has 0 saturated carbocycles. The van der Waals surface area contributed by atoms with E-state index in [2.05, 4.69) is 16.0 Å². The molecule has 2 rings (SSSR count). The first kappa shape index (κ1) is 14.5. The molecule has 0 atom stereocenters. The Morgan fingerprint density at radius 3 is 2.52 bits per heavy atom.